The van der Waals surface area contributed by atoms with Gasteiger partial charge in [0.15, 0.2) is 5.69 Å². The molecule has 3 heteroatoms. The highest BCUT2D eigenvalue weighted by atomic mass is 15.0. The number of benzene rings is 9. The van der Waals surface area contributed by atoms with Crippen molar-refractivity contribution in [1.82, 2.24) is 9.13 Å². The molecule has 2 aromatic heterocycles. The molecule has 57 heavy (non-hydrogen) atoms. The average molecular weight is 722 g/mol. The van der Waals surface area contributed by atoms with Crippen LogP contribution in [0.15, 0.2) is 188 Å². The molecule has 1 atom stereocenters. The van der Waals surface area contributed by atoms with Gasteiger partial charge in [0, 0.05) is 27.2 Å². The van der Waals surface area contributed by atoms with Crippen LogP contribution in [-0.4, -0.2) is 9.13 Å². The molecule has 11 aromatic rings. The van der Waals surface area contributed by atoms with E-state index in [4.69, 9.17) is 6.57 Å². The maximum absolute atomic E-state index is 7.82. The topological polar surface area (TPSA) is 14.2 Å². The van der Waals surface area contributed by atoms with Crippen LogP contribution in [0.1, 0.15) is 22.3 Å². The number of rotatable bonds is 2. The minimum atomic E-state index is -0.525. The van der Waals surface area contributed by atoms with E-state index in [2.05, 4.69) is 190 Å². The Morgan fingerprint density at radius 2 is 1.12 bits per heavy atom. The van der Waals surface area contributed by atoms with Crippen LogP contribution in [0.4, 0.5) is 5.69 Å². The normalized spacial score (nSPS) is 15.1. The van der Waals surface area contributed by atoms with Gasteiger partial charge in [0.25, 0.3) is 0 Å². The highest BCUT2D eigenvalue weighted by molar-refractivity contribution is 6.27. The van der Waals surface area contributed by atoms with Crippen molar-refractivity contribution in [3.8, 4) is 33.6 Å². The van der Waals surface area contributed by atoms with Crippen molar-refractivity contribution in [2.24, 2.45) is 0 Å². The fourth-order valence-corrected chi connectivity index (χ4v) is 10.7. The zero-order chi connectivity index (χ0) is 37.4. The van der Waals surface area contributed by atoms with Crippen molar-refractivity contribution in [2.75, 3.05) is 0 Å². The summed E-state index contributed by atoms with van der Waals surface area (Å²) in [6, 6.07) is 69.0. The summed E-state index contributed by atoms with van der Waals surface area (Å²) >= 11 is 0. The van der Waals surface area contributed by atoms with Crippen molar-refractivity contribution >= 4 is 60.1 Å². The van der Waals surface area contributed by atoms with Gasteiger partial charge in [-0.05, 0) is 91.7 Å². The molecule has 9 aromatic carbocycles. The molecule has 2 aliphatic rings. The summed E-state index contributed by atoms with van der Waals surface area (Å²) in [4.78, 5) is 3.85. The van der Waals surface area contributed by atoms with Crippen molar-refractivity contribution in [1.29, 1.82) is 0 Å². The van der Waals surface area contributed by atoms with E-state index in [9.17, 15) is 0 Å². The van der Waals surface area contributed by atoms with Crippen LogP contribution in [0.5, 0.6) is 0 Å². The van der Waals surface area contributed by atoms with Crippen LogP contribution in [0, 0.1) is 6.57 Å². The van der Waals surface area contributed by atoms with Gasteiger partial charge in [0.1, 0.15) is 0 Å². The first-order valence-electron chi connectivity index (χ1n) is 19.6. The smallest absolute Gasteiger partial charge is 0.194 e. The van der Waals surface area contributed by atoms with Gasteiger partial charge < -0.3 is 9.13 Å². The maximum atomic E-state index is 7.82. The lowest BCUT2D eigenvalue weighted by Crippen LogP contribution is -2.33. The molecular weight excluding hydrogens is 691 g/mol. The van der Waals surface area contributed by atoms with E-state index >= 15 is 0 Å². The molecular formula is C54H31N3. The zero-order valence-electron chi connectivity index (χ0n) is 30.7. The largest absolute Gasteiger partial charge is 0.309 e. The number of para-hydroxylation sites is 4. The lowest BCUT2D eigenvalue weighted by Gasteiger charge is -2.39. The molecule has 0 amide bonds. The van der Waals surface area contributed by atoms with E-state index in [-0.39, 0.29) is 0 Å². The molecule has 3 nitrogen and oxygen atoms in total. The highest BCUT2D eigenvalue weighted by Gasteiger charge is 2.51. The van der Waals surface area contributed by atoms with Crippen LogP contribution < -0.4 is 0 Å². The maximum Gasteiger partial charge on any atom is 0.194 e. The SMILES string of the molecule is [C-]#[N+]c1cccc2ccc(-c3ccc4c(c3)-c3ccccc3C43c4ccccc4-n4c5c3cccc5c3ccc5c(c6ccccc6n5-c5ccccc5)c34)cc12. The van der Waals surface area contributed by atoms with E-state index in [0.717, 1.165) is 27.6 Å². The van der Waals surface area contributed by atoms with E-state index in [0.29, 0.717) is 5.69 Å². The summed E-state index contributed by atoms with van der Waals surface area (Å²) in [7, 11) is 0. The van der Waals surface area contributed by atoms with Gasteiger partial charge in [-0.2, -0.15) is 0 Å². The van der Waals surface area contributed by atoms with E-state index in [1.807, 2.05) is 12.1 Å². The monoisotopic (exact) mass is 721 g/mol. The Morgan fingerprint density at radius 1 is 0.421 bits per heavy atom. The molecule has 1 spiro atoms. The third-order valence-electron chi connectivity index (χ3n) is 12.9. The van der Waals surface area contributed by atoms with Crippen LogP contribution in [0.3, 0.4) is 0 Å². The van der Waals surface area contributed by atoms with E-state index in [1.165, 1.54) is 82.7 Å². The summed E-state index contributed by atoms with van der Waals surface area (Å²) in [5, 5.41) is 7.13. The Morgan fingerprint density at radius 3 is 2.04 bits per heavy atom. The Kier molecular flexibility index (Phi) is 5.90. The van der Waals surface area contributed by atoms with Gasteiger partial charge in [-0.25, -0.2) is 4.85 Å². The third-order valence-corrected chi connectivity index (χ3v) is 12.9. The number of aromatic nitrogens is 2. The molecule has 1 aliphatic heterocycles. The number of hydrogen-bond donors (Lipinski definition) is 0. The van der Waals surface area contributed by atoms with Gasteiger partial charge in [-0.1, -0.05) is 152 Å². The predicted octanol–water partition coefficient (Wildman–Crippen LogP) is 13.9. The second-order valence-electron chi connectivity index (χ2n) is 15.5. The van der Waals surface area contributed by atoms with Crippen molar-refractivity contribution in [2.45, 2.75) is 5.41 Å². The first-order valence-corrected chi connectivity index (χ1v) is 19.6. The van der Waals surface area contributed by atoms with Gasteiger partial charge in [0.2, 0.25) is 0 Å². The predicted molar refractivity (Wildman–Crippen MR) is 235 cm³/mol. The fourth-order valence-electron chi connectivity index (χ4n) is 10.7. The van der Waals surface area contributed by atoms with E-state index < -0.39 is 5.41 Å². The van der Waals surface area contributed by atoms with Crippen molar-refractivity contribution < 1.29 is 0 Å². The van der Waals surface area contributed by atoms with Gasteiger partial charge in [0.05, 0.1) is 39.7 Å². The highest BCUT2D eigenvalue weighted by Crippen LogP contribution is 2.61. The summed E-state index contributed by atoms with van der Waals surface area (Å²) in [5.41, 5.74) is 17.5. The van der Waals surface area contributed by atoms with Crippen LogP contribution in [0.2, 0.25) is 0 Å². The molecule has 0 saturated carbocycles. The molecule has 262 valence electrons. The van der Waals surface area contributed by atoms with Crippen LogP contribution in [-0.2, 0) is 5.41 Å². The molecule has 13 rings (SSSR count). The minimum absolute atomic E-state index is 0.525. The molecule has 0 saturated heterocycles. The van der Waals surface area contributed by atoms with Crippen LogP contribution in [0.25, 0.3) is 92.9 Å². The van der Waals surface area contributed by atoms with Gasteiger partial charge >= 0.3 is 0 Å². The minimum Gasteiger partial charge on any atom is -0.309 e. The summed E-state index contributed by atoms with van der Waals surface area (Å²) in [5.74, 6) is 0. The molecule has 1 unspecified atom stereocenters. The summed E-state index contributed by atoms with van der Waals surface area (Å²) in [6.45, 7) is 7.82. The third kappa shape index (κ3) is 3.75. The number of nitrogens with zero attached hydrogens (tertiary/aromatic N) is 3. The molecule has 0 radical (unpaired) electrons. The Bertz CT molecular complexity index is 3600. The lowest BCUT2D eigenvalue weighted by atomic mass is 9.65. The molecule has 0 N–H and O–H groups in total. The molecule has 1 aliphatic carbocycles. The Balaban J connectivity index is 1.15. The molecule has 0 bridgehead atoms. The quantitative estimate of drug-likeness (QED) is 0.158. The second kappa shape index (κ2) is 11.0. The summed E-state index contributed by atoms with van der Waals surface area (Å²) < 4.78 is 5.01. The molecule has 0 fully saturated rings. The van der Waals surface area contributed by atoms with Crippen molar-refractivity contribution in [3.63, 3.8) is 0 Å². The molecule has 3 heterocycles. The van der Waals surface area contributed by atoms with Gasteiger partial charge in [-0.15, -0.1) is 0 Å². The van der Waals surface area contributed by atoms with Gasteiger partial charge in [-0.3, -0.25) is 0 Å². The fraction of sp³-hybridized carbons (Fsp3) is 0.0185. The van der Waals surface area contributed by atoms with Crippen molar-refractivity contribution in [3.05, 3.63) is 222 Å². The number of fused-ring (bicyclic) bond motifs is 17. The Hall–Kier alpha value is -7.67. The number of hydrogen-bond acceptors (Lipinski definition) is 0. The Labute approximate surface area is 328 Å². The first-order chi connectivity index (χ1) is 28.3. The standard InChI is InChI=1S/C54H31N3/c1-55-47-22-11-13-33-25-26-34(31-41(33)47)35-27-29-44-42(32-35)37-16-5-7-19-43(37)54(44)45-20-8-10-24-49(45)57-52-38(18-12-21-46(52)54)39-28-30-50-51(53(39)57)40-17-6-9-23-48(40)56(50)36-14-3-2-4-15-36/h2-32H. The van der Waals surface area contributed by atoms with E-state index in [1.54, 1.807) is 0 Å². The first kappa shape index (κ1) is 30.6. The summed E-state index contributed by atoms with van der Waals surface area (Å²) in [6.07, 6.45) is 0. The average Bonchev–Trinajstić information content (AvgIpc) is 3.90. The van der Waals surface area contributed by atoms with Crippen LogP contribution >= 0.6 is 0 Å². The lowest BCUT2D eigenvalue weighted by molar-refractivity contribution is 0.749. The zero-order valence-corrected chi connectivity index (χ0v) is 30.7. The second-order valence-corrected chi connectivity index (χ2v) is 15.5.